The molecule has 0 bridgehead atoms. The molecule has 0 heterocycles. The largest absolute Gasteiger partial charge is 0.310 e. The van der Waals surface area contributed by atoms with E-state index in [0.717, 1.165) is 12.8 Å². The maximum atomic E-state index is 11.9. The van der Waals surface area contributed by atoms with Crippen molar-refractivity contribution in [2.45, 2.75) is 57.0 Å². The van der Waals surface area contributed by atoms with Gasteiger partial charge in [0.15, 0.2) is 9.84 Å². The van der Waals surface area contributed by atoms with E-state index in [0.29, 0.717) is 33.5 Å². The summed E-state index contributed by atoms with van der Waals surface area (Å²) >= 11 is 6.20. The molecule has 1 aliphatic rings. The summed E-state index contributed by atoms with van der Waals surface area (Å²) in [6, 6.07) is 5.49. The van der Waals surface area contributed by atoms with E-state index < -0.39 is 9.84 Å². The highest BCUT2D eigenvalue weighted by Gasteiger charge is 2.28. The van der Waals surface area contributed by atoms with Crippen LogP contribution in [0.4, 0.5) is 0 Å². The lowest BCUT2D eigenvalue weighted by atomic mass is 9.75. The van der Waals surface area contributed by atoms with E-state index in [2.05, 4.69) is 19.2 Å². The third-order valence-corrected chi connectivity index (χ3v) is 5.78. The second kappa shape index (κ2) is 6.27. The van der Waals surface area contributed by atoms with E-state index in [-0.39, 0.29) is 0 Å². The summed E-state index contributed by atoms with van der Waals surface area (Å²) in [5.74, 6) is 0. The van der Waals surface area contributed by atoms with Crippen LogP contribution in [0.5, 0.6) is 0 Å². The molecule has 21 heavy (non-hydrogen) atoms. The van der Waals surface area contributed by atoms with Gasteiger partial charge in [0.1, 0.15) is 0 Å². The third-order valence-electron chi connectivity index (χ3n) is 4.25. The third kappa shape index (κ3) is 4.44. The van der Waals surface area contributed by atoms with Crippen LogP contribution >= 0.6 is 11.6 Å². The number of rotatable bonds is 4. The first-order chi connectivity index (χ1) is 9.69. The summed E-state index contributed by atoms with van der Waals surface area (Å²) in [5.41, 5.74) is 1.04. The number of benzene rings is 1. The normalized spacial score (nSPS) is 22.2. The lowest BCUT2D eigenvalue weighted by Gasteiger charge is -2.35. The summed E-state index contributed by atoms with van der Waals surface area (Å²) in [5, 5.41) is 4.01. The first kappa shape index (κ1) is 16.8. The van der Waals surface area contributed by atoms with Crippen LogP contribution in [0.15, 0.2) is 23.1 Å². The van der Waals surface area contributed by atoms with E-state index in [1.807, 2.05) is 0 Å². The Hall–Kier alpha value is -0.580. The number of sulfone groups is 1. The van der Waals surface area contributed by atoms with Crippen LogP contribution < -0.4 is 5.32 Å². The number of nitrogens with one attached hydrogen (secondary N) is 1. The lowest BCUT2D eigenvalue weighted by Crippen LogP contribution is -2.37. The Morgan fingerprint density at radius 2 is 2.10 bits per heavy atom. The molecule has 1 atom stereocenters. The molecule has 1 aliphatic carbocycles. The van der Waals surface area contributed by atoms with Gasteiger partial charge in [-0.05, 0) is 36.8 Å². The smallest absolute Gasteiger partial charge is 0.175 e. The highest BCUT2D eigenvalue weighted by Crippen LogP contribution is 2.35. The molecule has 0 saturated heterocycles. The molecule has 1 N–H and O–H groups in total. The average Bonchev–Trinajstić information content (AvgIpc) is 2.34. The molecule has 1 unspecified atom stereocenters. The summed E-state index contributed by atoms with van der Waals surface area (Å²) in [6.45, 7) is 5.08. The van der Waals surface area contributed by atoms with Gasteiger partial charge in [0, 0.05) is 29.4 Å². The first-order valence-corrected chi connectivity index (χ1v) is 9.67. The van der Waals surface area contributed by atoms with Gasteiger partial charge in [0.2, 0.25) is 0 Å². The molecule has 2 rings (SSSR count). The first-order valence-electron chi connectivity index (χ1n) is 7.40. The van der Waals surface area contributed by atoms with Crippen molar-refractivity contribution in [3.05, 3.63) is 28.8 Å². The van der Waals surface area contributed by atoms with E-state index in [9.17, 15) is 8.42 Å². The van der Waals surface area contributed by atoms with Crippen LogP contribution in [0.2, 0.25) is 5.02 Å². The minimum absolute atomic E-state index is 0.331. The minimum atomic E-state index is -3.26. The second-order valence-corrected chi connectivity index (χ2v) is 9.22. The van der Waals surface area contributed by atoms with Crippen LogP contribution in [0.25, 0.3) is 0 Å². The van der Waals surface area contributed by atoms with Gasteiger partial charge in [-0.15, -0.1) is 0 Å². The van der Waals surface area contributed by atoms with Crippen molar-refractivity contribution in [2.24, 2.45) is 5.41 Å². The molecule has 1 aromatic rings. The zero-order valence-corrected chi connectivity index (χ0v) is 14.5. The highest BCUT2D eigenvalue weighted by molar-refractivity contribution is 7.90. The lowest BCUT2D eigenvalue weighted by molar-refractivity contribution is 0.197. The van der Waals surface area contributed by atoms with Crippen molar-refractivity contribution in [1.82, 2.24) is 5.32 Å². The molecule has 0 amide bonds. The van der Waals surface area contributed by atoms with Crippen molar-refractivity contribution in [3.8, 4) is 0 Å². The van der Waals surface area contributed by atoms with Gasteiger partial charge in [0.05, 0.1) is 4.90 Å². The average molecular weight is 330 g/mol. The quantitative estimate of drug-likeness (QED) is 0.913. The van der Waals surface area contributed by atoms with Gasteiger partial charge >= 0.3 is 0 Å². The second-order valence-electron chi connectivity index (χ2n) is 6.83. The Balaban J connectivity index is 2.14. The van der Waals surface area contributed by atoms with E-state index in [4.69, 9.17) is 11.6 Å². The van der Waals surface area contributed by atoms with Gasteiger partial charge in [-0.25, -0.2) is 8.42 Å². The van der Waals surface area contributed by atoms with Crippen LogP contribution in [0.3, 0.4) is 0 Å². The van der Waals surface area contributed by atoms with Gasteiger partial charge < -0.3 is 5.32 Å². The van der Waals surface area contributed by atoms with E-state index >= 15 is 0 Å². The predicted octanol–water partition coefficient (Wildman–Crippen LogP) is 3.80. The fourth-order valence-corrected chi connectivity index (χ4v) is 4.43. The SMILES string of the molecule is CC1(C)CCCC(NCc2c(Cl)cccc2S(C)(=O)=O)C1. The minimum Gasteiger partial charge on any atom is -0.310 e. The van der Waals surface area contributed by atoms with Crippen LogP contribution in [-0.2, 0) is 16.4 Å². The van der Waals surface area contributed by atoms with Gasteiger partial charge in [0.25, 0.3) is 0 Å². The van der Waals surface area contributed by atoms with Crippen molar-refractivity contribution in [1.29, 1.82) is 0 Å². The Morgan fingerprint density at radius 3 is 2.71 bits per heavy atom. The number of hydrogen-bond donors (Lipinski definition) is 1. The molecule has 0 radical (unpaired) electrons. The van der Waals surface area contributed by atoms with Crippen molar-refractivity contribution in [3.63, 3.8) is 0 Å². The molecule has 5 heteroatoms. The van der Waals surface area contributed by atoms with E-state index in [1.54, 1.807) is 18.2 Å². The zero-order valence-electron chi connectivity index (χ0n) is 12.9. The Kier molecular flexibility index (Phi) is 5.01. The Bertz CT molecular complexity index is 611. The number of hydrogen-bond acceptors (Lipinski definition) is 3. The molecular weight excluding hydrogens is 306 g/mol. The van der Waals surface area contributed by atoms with E-state index in [1.165, 1.54) is 19.1 Å². The Labute approximate surface area is 133 Å². The van der Waals surface area contributed by atoms with Crippen molar-refractivity contribution in [2.75, 3.05) is 6.26 Å². The predicted molar refractivity (Wildman–Crippen MR) is 87.4 cm³/mol. The molecular formula is C16H24ClNO2S. The summed E-state index contributed by atoms with van der Waals surface area (Å²) < 4.78 is 23.7. The molecule has 1 aromatic carbocycles. The topological polar surface area (TPSA) is 46.2 Å². The molecule has 1 saturated carbocycles. The number of halogens is 1. The highest BCUT2D eigenvalue weighted by atomic mass is 35.5. The molecule has 118 valence electrons. The van der Waals surface area contributed by atoms with Gasteiger partial charge in [-0.1, -0.05) is 37.9 Å². The monoisotopic (exact) mass is 329 g/mol. The van der Waals surface area contributed by atoms with Gasteiger partial charge in [-0.3, -0.25) is 0 Å². The van der Waals surface area contributed by atoms with Crippen molar-refractivity contribution < 1.29 is 8.42 Å². The standard InChI is InChI=1S/C16H24ClNO2S/c1-16(2)9-5-6-12(10-16)18-11-13-14(17)7-4-8-15(13)21(3,19)20/h4,7-8,12,18H,5-6,9-11H2,1-3H3. The molecule has 3 nitrogen and oxygen atoms in total. The van der Waals surface area contributed by atoms with Crippen molar-refractivity contribution >= 4 is 21.4 Å². The van der Waals surface area contributed by atoms with Crippen LogP contribution in [0.1, 0.15) is 45.1 Å². The maximum absolute atomic E-state index is 11.9. The van der Waals surface area contributed by atoms with Crippen LogP contribution in [-0.4, -0.2) is 20.7 Å². The fourth-order valence-electron chi connectivity index (χ4n) is 3.18. The molecule has 0 aliphatic heterocycles. The van der Waals surface area contributed by atoms with Crippen LogP contribution in [0, 0.1) is 5.41 Å². The zero-order chi connectivity index (χ0) is 15.7. The molecule has 0 spiro atoms. The molecule has 0 aromatic heterocycles. The maximum Gasteiger partial charge on any atom is 0.175 e. The van der Waals surface area contributed by atoms with Gasteiger partial charge in [-0.2, -0.15) is 0 Å². The molecule has 1 fully saturated rings. The summed E-state index contributed by atoms with van der Waals surface area (Å²) in [4.78, 5) is 0.331. The summed E-state index contributed by atoms with van der Waals surface area (Å²) in [7, 11) is -3.26. The summed E-state index contributed by atoms with van der Waals surface area (Å²) in [6.07, 6.45) is 5.96. The Morgan fingerprint density at radius 1 is 1.38 bits per heavy atom. The fraction of sp³-hybridized carbons (Fsp3) is 0.625.